The molecule has 1 aliphatic heterocycles. The minimum Gasteiger partial charge on any atom is -0.466 e. The third kappa shape index (κ3) is 5.49. The van der Waals surface area contributed by atoms with Gasteiger partial charge >= 0.3 is 12.1 Å². The zero-order valence-electron chi connectivity index (χ0n) is 14.0. The van der Waals surface area contributed by atoms with Gasteiger partial charge in [-0.25, -0.2) is 0 Å². The summed E-state index contributed by atoms with van der Waals surface area (Å²) in [6.45, 7) is 5.77. The Morgan fingerprint density at radius 3 is 2.33 bits per heavy atom. The van der Waals surface area contributed by atoms with Gasteiger partial charge in [0.1, 0.15) is 0 Å². The molecule has 0 radical (unpaired) electrons. The molecular formula is C17H23F3N2O2. The zero-order chi connectivity index (χ0) is 17.7. The Balaban J connectivity index is 2.17. The smallest absolute Gasteiger partial charge is 0.416 e. The standard InChI is InChI=1S/C17H23F3N2O2/c1-3-24-16(23)11-13-8-14(10-15(9-13)17(18,19)20)12-22-6-4-21(2)5-7-22/h8-10H,3-7,11-12H2,1-2H3. The van der Waals surface area contributed by atoms with Crippen molar-refractivity contribution in [3.63, 3.8) is 0 Å². The molecule has 0 bridgehead atoms. The van der Waals surface area contributed by atoms with Gasteiger partial charge in [-0.05, 0) is 37.2 Å². The average Bonchev–Trinajstić information content (AvgIpc) is 2.49. The quantitative estimate of drug-likeness (QED) is 0.769. The van der Waals surface area contributed by atoms with Crippen LogP contribution in [0.25, 0.3) is 0 Å². The van der Waals surface area contributed by atoms with Gasteiger partial charge in [-0.3, -0.25) is 9.69 Å². The van der Waals surface area contributed by atoms with Crippen molar-refractivity contribution in [1.82, 2.24) is 9.80 Å². The summed E-state index contributed by atoms with van der Waals surface area (Å²) in [5, 5.41) is 0. The molecule has 0 unspecified atom stereocenters. The van der Waals surface area contributed by atoms with Crippen molar-refractivity contribution in [1.29, 1.82) is 0 Å². The van der Waals surface area contributed by atoms with Crippen LogP contribution in [0, 0.1) is 0 Å². The molecule has 24 heavy (non-hydrogen) atoms. The van der Waals surface area contributed by atoms with Gasteiger partial charge in [0.05, 0.1) is 18.6 Å². The van der Waals surface area contributed by atoms with Crippen LogP contribution in [0.1, 0.15) is 23.6 Å². The van der Waals surface area contributed by atoms with E-state index >= 15 is 0 Å². The van der Waals surface area contributed by atoms with Crippen molar-refractivity contribution in [2.24, 2.45) is 0 Å². The van der Waals surface area contributed by atoms with Crippen LogP contribution in [0.15, 0.2) is 18.2 Å². The predicted octanol–water partition coefficient (Wildman–Crippen LogP) is 2.56. The number of esters is 1. The highest BCUT2D eigenvalue weighted by Gasteiger charge is 2.31. The molecular weight excluding hydrogens is 321 g/mol. The van der Waals surface area contributed by atoms with E-state index in [1.165, 1.54) is 6.07 Å². The van der Waals surface area contributed by atoms with Gasteiger partial charge in [-0.15, -0.1) is 0 Å². The maximum absolute atomic E-state index is 13.1. The normalized spacial score (nSPS) is 17.0. The van der Waals surface area contributed by atoms with Gasteiger partial charge in [0.25, 0.3) is 0 Å². The van der Waals surface area contributed by atoms with Gasteiger partial charge in [-0.1, -0.05) is 6.07 Å². The average molecular weight is 344 g/mol. The summed E-state index contributed by atoms with van der Waals surface area (Å²) in [4.78, 5) is 15.9. The first-order valence-electron chi connectivity index (χ1n) is 8.04. The summed E-state index contributed by atoms with van der Waals surface area (Å²) in [6.07, 6.45) is -4.57. The van der Waals surface area contributed by atoms with Crippen molar-refractivity contribution in [3.8, 4) is 0 Å². The molecule has 7 heteroatoms. The predicted molar refractivity (Wildman–Crippen MR) is 84.6 cm³/mol. The number of rotatable bonds is 5. The molecule has 4 nitrogen and oxygen atoms in total. The molecule has 0 N–H and O–H groups in total. The van der Waals surface area contributed by atoms with Crippen LogP contribution in [0.5, 0.6) is 0 Å². The van der Waals surface area contributed by atoms with E-state index in [1.54, 1.807) is 13.0 Å². The van der Waals surface area contributed by atoms with E-state index in [0.717, 1.165) is 32.2 Å². The van der Waals surface area contributed by atoms with Crippen LogP contribution >= 0.6 is 0 Å². The van der Waals surface area contributed by atoms with E-state index in [0.29, 0.717) is 17.7 Å². The largest absolute Gasteiger partial charge is 0.466 e. The number of alkyl halides is 3. The van der Waals surface area contributed by atoms with E-state index in [-0.39, 0.29) is 13.0 Å². The summed E-state index contributed by atoms with van der Waals surface area (Å²) in [6, 6.07) is 3.88. The lowest BCUT2D eigenvalue weighted by Gasteiger charge is -2.32. The van der Waals surface area contributed by atoms with Gasteiger partial charge < -0.3 is 9.64 Å². The number of benzene rings is 1. The van der Waals surface area contributed by atoms with Gasteiger partial charge in [0.2, 0.25) is 0 Å². The first-order chi connectivity index (χ1) is 11.3. The molecule has 0 amide bonds. The topological polar surface area (TPSA) is 32.8 Å². The van der Waals surface area contributed by atoms with Crippen molar-refractivity contribution in [3.05, 3.63) is 34.9 Å². The van der Waals surface area contributed by atoms with Gasteiger partial charge in [-0.2, -0.15) is 13.2 Å². The van der Waals surface area contributed by atoms with Crippen LogP contribution in [-0.2, 0) is 28.7 Å². The SMILES string of the molecule is CCOC(=O)Cc1cc(CN2CCN(C)CC2)cc(C(F)(F)F)c1. The first kappa shape index (κ1) is 18.7. The second-order valence-electron chi connectivity index (χ2n) is 6.10. The van der Waals surface area contributed by atoms with Crippen molar-refractivity contribution < 1.29 is 22.7 Å². The first-order valence-corrected chi connectivity index (χ1v) is 8.04. The Bertz CT molecular complexity index is 567. The maximum Gasteiger partial charge on any atom is 0.416 e. The lowest BCUT2D eigenvalue weighted by Crippen LogP contribution is -2.43. The molecule has 0 saturated carbocycles. The number of nitrogens with zero attached hydrogens (tertiary/aromatic N) is 2. The van der Waals surface area contributed by atoms with Crippen molar-refractivity contribution in [2.75, 3.05) is 39.8 Å². The fourth-order valence-electron chi connectivity index (χ4n) is 2.76. The van der Waals surface area contributed by atoms with Crippen LogP contribution in [0.3, 0.4) is 0 Å². The summed E-state index contributed by atoms with van der Waals surface area (Å²) in [7, 11) is 2.03. The highest BCUT2D eigenvalue weighted by atomic mass is 19.4. The van der Waals surface area contributed by atoms with E-state index in [9.17, 15) is 18.0 Å². The molecule has 0 atom stereocenters. The molecule has 1 fully saturated rings. The zero-order valence-corrected chi connectivity index (χ0v) is 14.0. The third-order valence-corrected chi connectivity index (χ3v) is 4.04. The molecule has 134 valence electrons. The Morgan fingerprint density at radius 1 is 1.12 bits per heavy atom. The Kier molecular flexibility index (Phi) is 6.23. The molecule has 0 aliphatic carbocycles. The summed E-state index contributed by atoms with van der Waals surface area (Å²) >= 11 is 0. The van der Waals surface area contributed by atoms with Crippen molar-refractivity contribution >= 4 is 5.97 Å². The minimum absolute atomic E-state index is 0.145. The van der Waals surface area contributed by atoms with E-state index in [1.807, 2.05) is 7.05 Å². The van der Waals surface area contributed by atoms with Crippen molar-refractivity contribution in [2.45, 2.75) is 26.1 Å². The number of hydrogen-bond donors (Lipinski definition) is 0. The number of carbonyl (C=O) groups is 1. The maximum atomic E-state index is 13.1. The second kappa shape index (κ2) is 7.98. The monoisotopic (exact) mass is 344 g/mol. The molecule has 0 aromatic heterocycles. The fraction of sp³-hybridized carbons (Fsp3) is 0.588. The van der Waals surface area contributed by atoms with Crippen LogP contribution in [0.2, 0.25) is 0 Å². The Hall–Kier alpha value is -1.60. The molecule has 1 saturated heterocycles. The van der Waals surface area contributed by atoms with Crippen LogP contribution in [-0.4, -0.2) is 55.6 Å². The molecule has 1 aliphatic rings. The Morgan fingerprint density at radius 2 is 1.75 bits per heavy atom. The van der Waals surface area contributed by atoms with Crippen LogP contribution < -0.4 is 0 Å². The molecule has 1 aromatic carbocycles. The fourth-order valence-corrected chi connectivity index (χ4v) is 2.76. The Labute approximate surface area is 140 Å². The van der Waals surface area contributed by atoms with E-state index in [2.05, 4.69) is 9.80 Å². The van der Waals surface area contributed by atoms with E-state index < -0.39 is 17.7 Å². The number of ether oxygens (including phenoxy) is 1. The van der Waals surface area contributed by atoms with Crippen LogP contribution in [0.4, 0.5) is 13.2 Å². The number of likely N-dealkylation sites (N-methyl/N-ethyl adjacent to an activating group) is 1. The third-order valence-electron chi connectivity index (χ3n) is 4.04. The highest BCUT2D eigenvalue weighted by Crippen LogP contribution is 2.31. The molecule has 0 spiro atoms. The minimum atomic E-state index is -4.43. The summed E-state index contributed by atoms with van der Waals surface area (Å²) < 4.78 is 44.2. The number of hydrogen-bond acceptors (Lipinski definition) is 4. The second-order valence-corrected chi connectivity index (χ2v) is 6.10. The van der Waals surface area contributed by atoms with Gasteiger partial charge in [0, 0.05) is 32.7 Å². The lowest BCUT2D eigenvalue weighted by molar-refractivity contribution is -0.142. The number of piperazine rings is 1. The highest BCUT2D eigenvalue weighted by molar-refractivity contribution is 5.72. The molecule has 1 aromatic rings. The molecule has 2 rings (SSSR count). The number of halogens is 3. The summed E-state index contributed by atoms with van der Waals surface area (Å²) in [5.74, 6) is -0.512. The lowest BCUT2D eigenvalue weighted by atomic mass is 10.0. The molecule has 1 heterocycles. The van der Waals surface area contributed by atoms with E-state index in [4.69, 9.17) is 4.74 Å². The van der Waals surface area contributed by atoms with Gasteiger partial charge in [0.15, 0.2) is 0 Å². The summed E-state index contributed by atoms with van der Waals surface area (Å²) in [5.41, 5.74) is 0.203. The number of carbonyl (C=O) groups excluding carboxylic acids is 1.